The van der Waals surface area contributed by atoms with Gasteiger partial charge in [-0.05, 0) is 25.7 Å². The SMILES string of the molecule is CC(C)NCC1(CC2CCCC2)CCOC1C. The van der Waals surface area contributed by atoms with E-state index in [1.807, 2.05) is 0 Å². The van der Waals surface area contributed by atoms with Gasteiger partial charge in [0.25, 0.3) is 0 Å². The van der Waals surface area contributed by atoms with Crippen LogP contribution in [0.2, 0.25) is 0 Å². The lowest BCUT2D eigenvalue weighted by atomic mass is 9.73. The molecule has 2 rings (SSSR count). The summed E-state index contributed by atoms with van der Waals surface area (Å²) in [6.45, 7) is 8.87. The van der Waals surface area contributed by atoms with Crippen LogP contribution in [0.5, 0.6) is 0 Å². The predicted molar refractivity (Wildman–Crippen MR) is 72.2 cm³/mol. The normalized spacial score (nSPS) is 34.9. The molecule has 2 heteroatoms. The van der Waals surface area contributed by atoms with E-state index in [9.17, 15) is 0 Å². The van der Waals surface area contributed by atoms with E-state index in [1.54, 1.807) is 0 Å². The predicted octanol–water partition coefficient (Wildman–Crippen LogP) is 3.36. The first kappa shape index (κ1) is 13.4. The van der Waals surface area contributed by atoms with Crippen LogP contribution in [0.3, 0.4) is 0 Å². The van der Waals surface area contributed by atoms with Crippen molar-refractivity contribution < 1.29 is 4.74 Å². The highest BCUT2D eigenvalue weighted by Crippen LogP contribution is 2.44. The first-order chi connectivity index (χ1) is 8.12. The van der Waals surface area contributed by atoms with Crippen molar-refractivity contribution in [3.8, 4) is 0 Å². The van der Waals surface area contributed by atoms with E-state index in [4.69, 9.17) is 4.74 Å². The summed E-state index contributed by atoms with van der Waals surface area (Å²) < 4.78 is 5.87. The van der Waals surface area contributed by atoms with Gasteiger partial charge in [0.1, 0.15) is 0 Å². The fraction of sp³-hybridized carbons (Fsp3) is 1.00. The Balaban J connectivity index is 1.96. The Hall–Kier alpha value is -0.0800. The third kappa shape index (κ3) is 3.23. The average molecular weight is 239 g/mol. The Bertz CT molecular complexity index is 235. The molecule has 1 heterocycles. The molecule has 2 atom stereocenters. The van der Waals surface area contributed by atoms with Gasteiger partial charge in [-0.3, -0.25) is 0 Å². The largest absolute Gasteiger partial charge is 0.378 e. The van der Waals surface area contributed by atoms with Gasteiger partial charge in [-0.2, -0.15) is 0 Å². The van der Waals surface area contributed by atoms with E-state index in [-0.39, 0.29) is 0 Å². The van der Waals surface area contributed by atoms with Crippen LogP contribution in [0.4, 0.5) is 0 Å². The van der Waals surface area contributed by atoms with Crippen LogP contribution in [0, 0.1) is 11.3 Å². The van der Waals surface area contributed by atoms with Gasteiger partial charge in [-0.1, -0.05) is 39.5 Å². The highest BCUT2D eigenvalue weighted by Gasteiger charge is 2.43. The van der Waals surface area contributed by atoms with Gasteiger partial charge in [0.2, 0.25) is 0 Å². The standard InChI is InChI=1S/C15H29NO/c1-12(2)16-11-15(8-9-17-13(15)3)10-14-6-4-5-7-14/h12-14,16H,4-11H2,1-3H3. The highest BCUT2D eigenvalue weighted by molar-refractivity contribution is 4.94. The van der Waals surface area contributed by atoms with Crippen LogP contribution in [0.15, 0.2) is 0 Å². The minimum absolute atomic E-state index is 0.416. The zero-order valence-electron chi connectivity index (χ0n) is 11.8. The zero-order chi connectivity index (χ0) is 12.3. The first-order valence-corrected chi connectivity index (χ1v) is 7.47. The number of hydrogen-bond donors (Lipinski definition) is 1. The maximum atomic E-state index is 5.87. The Labute approximate surface area is 107 Å². The smallest absolute Gasteiger partial charge is 0.0616 e. The fourth-order valence-corrected chi connectivity index (χ4v) is 3.59. The van der Waals surface area contributed by atoms with E-state index < -0.39 is 0 Å². The average Bonchev–Trinajstić information content (AvgIpc) is 2.88. The first-order valence-electron chi connectivity index (χ1n) is 7.47. The van der Waals surface area contributed by atoms with Crippen molar-refractivity contribution >= 4 is 0 Å². The molecule has 0 aromatic rings. The Morgan fingerprint density at radius 2 is 2.00 bits per heavy atom. The number of ether oxygens (including phenoxy) is 1. The van der Waals surface area contributed by atoms with Crippen LogP contribution in [0.1, 0.15) is 59.3 Å². The molecule has 0 bridgehead atoms. The molecule has 1 saturated carbocycles. The summed E-state index contributed by atoms with van der Waals surface area (Å²) in [5, 5.41) is 3.65. The van der Waals surface area contributed by atoms with Gasteiger partial charge in [-0.15, -0.1) is 0 Å². The summed E-state index contributed by atoms with van der Waals surface area (Å²) in [6.07, 6.45) is 8.89. The molecule has 1 N–H and O–H groups in total. The fourth-order valence-electron chi connectivity index (χ4n) is 3.59. The lowest BCUT2D eigenvalue weighted by Gasteiger charge is -2.35. The Morgan fingerprint density at radius 1 is 1.29 bits per heavy atom. The summed E-state index contributed by atoms with van der Waals surface area (Å²) in [4.78, 5) is 0. The van der Waals surface area contributed by atoms with Crippen LogP contribution in [-0.2, 0) is 4.74 Å². The van der Waals surface area contributed by atoms with Crippen LogP contribution < -0.4 is 5.32 Å². The molecule has 0 spiro atoms. The molecule has 0 aromatic heterocycles. The number of hydrogen-bond acceptors (Lipinski definition) is 2. The summed E-state index contributed by atoms with van der Waals surface area (Å²) >= 11 is 0. The molecule has 2 fully saturated rings. The molecular weight excluding hydrogens is 210 g/mol. The summed E-state index contributed by atoms with van der Waals surface area (Å²) in [5.41, 5.74) is 0.416. The van der Waals surface area contributed by atoms with Gasteiger partial charge in [0.05, 0.1) is 6.10 Å². The molecule has 0 amide bonds. The minimum Gasteiger partial charge on any atom is -0.378 e. The molecule has 0 aromatic carbocycles. The van der Waals surface area contributed by atoms with Crippen molar-refractivity contribution in [2.75, 3.05) is 13.2 Å². The van der Waals surface area contributed by atoms with Crippen LogP contribution in [-0.4, -0.2) is 25.3 Å². The topological polar surface area (TPSA) is 21.3 Å². The third-order valence-corrected chi connectivity index (χ3v) is 4.86. The van der Waals surface area contributed by atoms with E-state index in [0.29, 0.717) is 17.6 Å². The van der Waals surface area contributed by atoms with Crippen LogP contribution >= 0.6 is 0 Å². The molecule has 1 aliphatic heterocycles. The second kappa shape index (κ2) is 5.71. The second-order valence-electron chi connectivity index (χ2n) is 6.52. The van der Waals surface area contributed by atoms with E-state index in [2.05, 4.69) is 26.1 Å². The van der Waals surface area contributed by atoms with Crippen molar-refractivity contribution in [3.05, 3.63) is 0 Å². The van der Waals surface area contributed by atoms with Gasteiger partial charge >= 0.3 is 0 Å². The van der Waals surface area contributed by atoms with Crippen molar-refractivity contribution in [2.45, 2.75) is 71.4 Å². The molecule has 17 heavy (non-hydrogen) atoms. The highest BCUT2D eigenvalue weighted by atomic mass is 16.5. The molecule has 1 aliphatic carbocycles. The lowest BCUT2D eigenvalue weighted by molar-refractivity contribution is 0.0484. The van der Waals surface area contributed by atoms with E-state index in [1.165, 1.54) is 38.5 Å². The molecule has 0 radical (unpaired) electrons. The summed E-state index contributed by atoms with van der Waals surface area (Å²) in [7, 11) is 0. The molecule has 2 unspecified atom stereocenters. The maximum Gasteiger partial charge on any atom is 0.0616 e. The van der Waals surface area contributed by atoms with Gasteiger partial charge in [0, 0.05) is 24.6 Å². The summed E-state index contributed by atoms with van der Waals surface area (Å²) in [5.74, 6) is 0.966. The van der Waals surface area contributed by atoms with Crippen molar-refractivity contribution in [3.63, 3.8) is 0 Å². The molecular formula is C15H29NO. The van der Waals surface area contributed by atoms with Gasteiger partial charge in [0.15, 0.2) is 0 Å². The van der Waals surface area contributed by atoms with Crippen molar-refractivity contribution in [1.82, 2.24) is 5.32 Å². The zero-order valence-corrected chi connectivity index (χ0v) is 11.8. The lowest BCUT2D eigenvalue weighted by Crippen LogP contribution is -2.43. The van der Waals surface area contributed by atoms with Crippen molar-refractivity contribution in [2.24, 2.45) is 11.3 Å². The third-order valence-electron chi connectivity index (χ3n) is 4.86. The summed E-state index contributed by atoms with van der Waals surface area (Å²) in [6, 6.07) is 0.586. The van der Waals surface area contributed by atoms with Gasteiger partial charge in [-0.25, -0.2) is 0 Å². The molecule has 1 saturated heterocycles. The van der Waals surface area contributed by atoms with Gasteiger partial charge < -0.3 is 10.1 Å². The quantitative estimate of drug-likeness (QED) is 0.794. The van der Waals surface area contributed by atoms with Crippen LogP contribution in [0.25, 0.3) is 0 Å². The molecule has 2 nitrogen and oxygen atoms in total. The minimum atomic E-state index is 0.416. The number of rotatable bonds is 5. The Kier molecular flexibility index (Phi) is 4.48. The maximum absolute atomic E-state index is 5.87. The van der Waals surface area contributed by atoms with Crippen molar-refractivity contribution in [1.29, 1.82) is 0 Å². The molecule has 2 aliphatic rings. The van der Waals surface area contributed by atoms with E-state index in [0.717, 1.165) is 19.1 Å². The second-order valence-corrected chi connectivity index (χ2v) is 6.52. The monoisotopic (exact) mass is 239 g/mol. The molecule has 100 valence electrons. The number of nitrogens with one attached hydrogen (secondary N) is 1. The Morgan fingerprint density at radius 3 is 2.53 bits per heavy atom. The van der Waals surface area contributed by atoms with E-state index >= 15 is 0 Å².